The molecule has 0 aromatic carbocycles. The fourth-order valence-corrected chi connectivity index (χ4v) is 4.16. The third kappa shape index (κ3) is 3.81. The highest BCUT2D eigenvalue weighted by atomic mass is 32.1. The summed E-state index contributed by atoms with van der Waals surface area (Å²) in [6, 6.07) is 7.79. The monoisotopic (exact) mass is 332 g/mol. The van der Waals surface area contributed by atoms with Gasteiger partial charge in [0, 0.05) is 28.9 Å². The third-order valence-electron chi connectivity index (χ3n) is 5.12. The van der Waals surface area contributed by atoms with Gasteiger partial charge in [-0.3, -0.25) is 9.88 Å². The van der Waals surface area contributed by atoms with Crippen LogP contribution in [-0.2, 0) is 12.0 Å². The molecule has 2 aromatic heterocycles. The molecule has 4 heteroatoms. The Balaban J connectivity index is 1.58. The van der Waals surface area contributed by atoms with E-state index in [1.54, 1.807) is 6.07 Å². The van der Waals surface area contributed by atoms with Gasteiger partial charge in [0.15, 0.2) is 5.13 Å². The van der Waals surface area contributed by atoms with Gasteiger partial charge in [0.2, 0.25) is 0 Å². The Morgan fingerprint density at radius 2 is 2.13 bits per heavy atom. The van der Waals surface area contributed by atoms with Gasteiger partial charge < -0.3 is 0 Å². The van der Waals surface area contributed by atoms with Gasteiger partial charge in [0.05, 0.1) is 0 Å². The molecular weight excluding hydrogens is 307 g/mol. The molecule has 0 aliphatic carbocycles. The van der Waals surface area contributed by atoms with E-state index in [1.165, 1.54) is 28.2 Å². The van der Waals surface area contributed by atoms with Crippen LogP contribution in [0.1, 0.15) is 42.8 Å². The van der Waals surface area contributed by atoms with E-state index in [-0.39, 0.29) is 10.7 Å². The fraction of sp³-hybridized carbons (Fsp3) is 0.526. The maximum Gasteiger partial charge on any atom is 0.176 e. The van der Waals surface area contributed by atoms with Crippen molar-refractivity contribution in [2.45, 2.75) is 45.6 Å². The van der Waals surface area contributed by atoms with Gasteiger partial charge in [0.25, 0.3) is 0 Å². The first-order valence-corrected chi connectivity index (χ1v) is 9.19. The summed E-state index contributed by atoms with van der Waals surface area (Å²) in [6.07, 6.45) is 5.39. The van der Waals surface area contributed by atoms with Crippen molar-refractivity contribution in [1.82, 2.24) is 9.88 Å². The number of aromatic nitrogens is 1. The fourth-order valence-electron chi connectivity index (χ4n) is 3.42. The maximum atomic E-state index is 13.1. The van der Waals surface area contributed by atoms with Gasteiger partial charge in [0.1, 0.15) is 0 Å². The topological polar surface area (TPSA) is 16.1 Å². The molecule has 1 aliphatic rings. The van der Waals surface area contributed by atoms with Gasteiger partial charge in [-0.2, -0.15) is 4.39 Å². The summed E-state index contributed by atoms with van der Waals surface area (Å²) in [6.45, 7) is 8.85. The van der Waals surface area contributed by atoms with Gasteiger partial charge in [-0.05, 0) is 76.3 Å². The zero-order valence-corrected chi connectivity index (χ0v) is 15.0. The highest BCUT2D eigenvalue weighted by Crippen LogP contribution is 2.34. The van der Waals surface area contributed by atoms with Gasteiger partial charge in [-0.1, -0.05) is 6.07 Å². The maximum absolute atomic E-state index is 13.1. The van der Waals surface area contributed by atoms with Crippen LogP contribution < -0.4 is 0 Å². The quantitative estimate of drug-likeness (QED) is 0.783. The van der Waals surface area contributed by atoms with Crippen molar-refractivity contribution in [3.8, 4) is 0 Å². The Kier molecular flexibility index (Phi) is 4.83. The number of nitrogens with zero attached hydrogens (tertiary/aromatic N) is 2. The van der Waals surface area contributed by atoms with Crippen molar-refractivity contribution in [1.29, 1.82) is 0 Å². The van der Waals surface area contributed by atoms with Crippen LogP contribution in [0.2, 0.25) is 0 Å². The van der Waals surface area contributed by atoms with E-state index in [0.29, 0.717) is 5.92 Å². The second-order valence-electron chi connectivity index (χ2n) is 7.09. The minimum Gasteiger partial charge on any atom is -0.294 e. The molecule has 0 radical (unpaired) electrons. The third-order valence-corrected chi connectivity index (χ3v) is 6.06. The molecule has 1 saturated heterocycles. The van der Waals surface area contributed by atoms with Crippen molar-refractivity contribution in [2.24, 2.45) is 5.92 Å². The number of pyridine rings is 1. The van der Waals surface area contributed by atoms with Crippen molar-refractivity contribution in [3.05, 3.63) is 51.7 Å². The summed E-state index contributed by atoms with van der Waals surface area (Å²) in [5.41, 5.74) is 2.36. The molecule has 3 heterocycles. The Hall–Kier alpha value is -1.26. The van der Waals surface area contributed by atoms with Crippen LogP contribution >= 0.6 is 11.3 Å². The summed E-state index contributed by atoms with van der Waals surface area (Å²) in [4.78, 5) is 8.19. The van der Waals surface area contributed by atoms with E-state index in [2.05, 4.69) is 35.9 Å². The highest BCUT2D eigenvalue weighted by molar-refractivity contribution is 7.10. The zero-order valence-electron chi connectivity index (χ0n) is 14.2. The van der Waals surface area contributed by atoms with E-state index in [4.69, 9.17) is 0 Å². The molecule has 0 bridgehead atoms. The number of aryl methyl sites for hydroxylation is 2. The lowest BCUT2D eigenvalue weighted by Gasteiger charge is -2.36. The molecule has 1 unspecified atom stereocenters. The Labute approximate surface area is 142 Å². The molecule has 2 aromatic rings. The molecule has 23 heavy (non-hydrogen) atoms. The van der Waals surface area contributed by atoms with Crippen molar-refractivity contribution < 1.29 is 4.39 Å². The van der Waals surface area contributed by atoms with Crippen LogP contribution in [-0.4, -0.2) is 23.0 Å². The second-order valence-corrected chi connectivity index (χ2v) is 8.21. The molecular formula is C19H25FN2S. The molecule has 1 atom stereocenters. The van der Waals surface area contributed by atoms with Crippen molar-refractivity contribution >= 4 is 11.3 Å². The predicted octanol–water partition coefficient (Wildman–Crippen LogP) is 4.78. The molecule has 1 fully saturated rings. The molecule has 3 rings (SSSR count). The SMILES string of the molecule is Cc1ccc(C(C)(C)N2CCC(CCc3ccc(F)s3)C2)cn1. The number of thiophene rings is 1. The van der Waals surface area contributed by atoms with Crippen LogP contribution in [0.4, 0.5) is 4.39 Å². The Bertz CT molecular complexity index is 648. The number of hydrogen-bond acceptors (Lipinski definition) is 3. The summed E-state index contributed by atoms with van der Waals surface area (Å²) < 4.78 is 13.1. The number of rotatable bonds is 5. The molecule has 0 spiro atoms. The lowest BCUT2D eigenvalue weighted by molar-refractivity contribution is 0.148. The molecule has 0 amide bonds. The first kappa shape index (κ1) is 16.6. The molecule has 1 aliphatic heterocycles. The second kappa shape index (κ2) is 6.70. The van der Waals surface area contributed by atoms with Crippen LogP contribution in [0, 0.1) is 18.0 Å². The van der Waals surface area contributed by atoms with Crippen LogP contribution in [0.5, 0.6) is 0 Å². The normalized spacial score (nSPS) is 19.4. The highest BCUT2D eigenvalue weighted by Gasteiger charge is 2.34. The molecule has 0 N–H and O–H groups in total. The smallest absolute Gasteiger partial charge is 0.176 e. The predicted molar refractivity (Wildman–Crippen MR) is 94.3 cm³/mol. The molecule has 0 saturated carbocycles. The number of halogens is 1. The summed E-state index contributed by atoms with van der Waals surface area (Å²) in [7, 11) is 0. The van der Waals surface area contributed by atoms with Crippen molar-refractivity contribution in [3.63, 3.8) is 0 Å². The van der Waals surface area contributed by atoms with Crippen molar-refractivity contribution in [2.75, 3.05) is 13.1 Å². The standard InChI is InChI=1S/C19H25FN2S/c1-14-4-6-16(12-21-14)19(2,3)22-11-10-15(13-22)5-7-17-8-9-18(20)23-17/h4,6,8-9,12,15H,5,7,10-11,13H2,1-3H3. The minimum absolute atomic E-state index is 0.0183. The summed E-state index contributed by atoms with van der Waals surface area (Å²) in [5.74, 6) is 0.706. The summed E-state index contributed by atoms with van der Waals surface area (Å²) in [5, 5.41) is -0.0685. The number of hydrogen-bond donors (Lipinski definition) is 0. The Morgan fingerprint density at radius 3 is 2.78 bits per heavy atom. The van der Waals surface area contributed by atoms with E-state index in [1.807, 2.05) is 19.2 Å². The average molecular weight is 332 g/mol. The van der Waals surface area contributed by atoms with E-state index >= 15 is 0 Å². The van der Waals surface area contributed by atoms with Gasteiger partial charge in [-0.15, -0.1) is 11.3 Å². The lowest BCUT2D eigenvalue weighted by atomic mass is 9.93. The van der Waals surface area contributed by atoms with E-state index < -0.39 is 0 Å². The molecule has 124 valence electrons. The number of likely N-dealkylation sites (tertiary alicyclic amines) is 1. The van der Waals surface area contributed by atoms with E-state index in [9.17, 15) is 4.39 Å². The van der Waals surface area contributed by atoms with E-state index in [0.717, 1.165) is 31.6 Å². The molecule has 2 nitrogen and oxygen atoms in total. The lowest BCUT2D eigenvalue weighted by Crippen LogP contribution is -2.40. The zero-order chi connectivity index (χ0) is 16.4. The van der Waals surface area contributed by atoms with Gasteiger partial charge >= 0.3 is 0 Å². The minimum atomic E-state index is -0.0685. The average Bonchev–Trinajstić information content (AvgIpc) is 3.15. The first-order chi connectivity index (χ1) is 10.9. The first-order valence-electron chi connectivity index (χ1n) is 8.37. The Morgan fingerprint density at radius 1 is 1.30 bits per heavy atom. The van der Waals surface area contributed by atoms with Crippen LogP contribution in [0.25, 0.3) is 0 Å². The summed E-state index contributed by atoms with van der Waals surface area (Å²) >= 11 is 1.29. The van der Waals surface area contributed by atoms with Crippen LogP contribution in [0.3, 0.4) is 0 Å². The van der Waals surface area contributed by atoms with Gasteiger partial charge in [-0.25, -0.2) is 0 Å². The van der Waals surface area contributed by atoms with Crippen LogP contribution in [0.15, 0.2) is 30.5 Å². The largest absolute Gasteiger partial charge is 0.294 e.